The van der Waals surface area contributed by atoms with Crippen molar-refractivity contribution in [2.75, 3.05) is 13.7 Å². The number of thiazole rings is 1. The van der Waals surface area contributed by atoms with E-state index >= 15 is 4.39 Å². The third-order valence-electron chi connectivity index (χ3n) is 6.12. The monoisotopic (exact) mass is 529 g/mol. The van der Waals surface area contributed by atoms with Crippen molar-refractivity contribution in [3.63, 3.8) is 0 Å². The number of nitrogens with zero attached hydrogens (tertiary/aromatic N) is 3. The Bertz CT molecular complexity index is 1510. The van der Waals surface area contributed by atoms with Gasteiger partial charge in [-0.3, -0.25) is 4.40 Å². The van der Waals surface area contributed by atoms with Crippen LogP contribution in [0, 0.1) is 5.82 Å². The molecule has 3 heterocycles. The summed E-state index contributed by atoms with van der Waals surface area (Å²) in [6.45, 7) is 6.06. The van der Waals surface area contributed by atoms with Crippen LogP contribution in [0.3, 0.4) is 0 Å². The van der Waals surface area contributed by atoms with Gasteiger partial charge in [-0.2, -0.15) is 0 Å². The number of imidazole rings is 1. The third-order valence-corrected chi connectivity index (χ3v) is 7.45. The van der Waals surface area contributed by atoms with Crippen LogP contribution in [0.15, 0.2) is 36.5 Å². The molecule has 2 aromatic heterocycles. The summed E-state index contributed by atoms with van der Waals surface area (Å²) in [5.74, 6) is -0.923. The van der Waals surface area contributed by atoms with E-state index < -0.39 is 17.4 Å². The van der Waals surface area contributed by atoms with Crippen LogP contribution in [0.2, 0.25) is 5.02 Å². The van der Waals surface area contributed by atoms with Crippen LogP contribution in [0.4, 0.5) is 9.18 Å². The number of amides is 1. The fourth-order valence-electron chi connectivity index (χ4n) is 4.51. The number of methoxy groups -OCH3 is 1. The van der Waals surface area contributed by atoms with Gasteiger partial charge in [0.05, 0.1) is 39.6 Å². The van der Waals surface area contributed by atoms with Crippen LogP contribution < -0.4 is 0 Å². The maximum atomic E-state index is 15.3. The summed E-state index contributed by atoms with van der Waals surface area (Å²) in [6.07, 6.45) is 2.95. The van der Waals surface area contributed by atoms with Crippen LogP contribution in [-0.2, 0) is 9.47 Å². The number of carbonyl (C=O) groups excluding carboxylic acids is 2. The van der Waals surface area contributed by atoms with Crippen molar-refractivity contribution in [2.24, 2.45) is 0 Å². The van der Waals surface area contributed by atoms with Crippen LogP contribution in [0.25, 0.3) is 26.4 Å². The Morgan fingerprint density at radius 2 is 2.00 bits per heavy atom. The van der Waals surface area contributed by atoms with E-state index in [-0.39, 0.29) is 22.7 Å². The molecule has 0 bridgehead atoms. The van der Waals surface area contributed by atoms with Gasteiger partial charge in [0, 0.05) is 18.3 Å². The molecule has 5 rings (SSSR count). The molecule has 36 heavy (non-hydrogen) atoms. The molecule has 188 valence electrons. The number of ether oxygens (including phenoxy) is 2. The minimum atomic E-state index is -0.595. The molecule has 0 saturated carbocycles. The molecule has 1 aliphatic rings. The highest BCUT2D eigenvalue weighted by molar-refractivity contribution is 7.23. The zero-order chi connectivity index (χ0) is 25.8. The minimum absolute atomic E-state index is 0.232. The highest BCUT2D eigenvalue weighted by Gasteiger charge is 2.33. The van der Waals surface area contributed by atoms with E-state index in [9.17, 15) is 9.59 Å². The molecule has 0 spiro atoms. The number of aromatic nitrogens is 2. The van der Waals surface area contributed by atoms with Crippen molar-refractivity contribution in [1.29, 1.82) is 0 Å². The van der Waals surface area contributed by atoms with Gasteiger partial charge in [-0.05, 0) is 63.4 Å². The summed E-state index contributed by atoms with van der Waals surface area (Å²) in [7, 11) is 1.30. The SMILES string of the molecule is COC(=O)c1cc2sc3nc(-c4ccc(C5CCCN5C(=O)OC(C)(C)C)cc4F)cn3c2cc1Cl. The van der Waals surface area contributed by atoms with Crippen molar-refractivity contribution < 1.29 is 23.5 Å². The number of esters is 1. The van der Waals surface area contributed by atoms with E-state index in [1.165, 1.54) is 24.5 Å². The van der Waals surface area contributed by atoms with Gasteiger partial charge >= 0.3 is 12.1 Å². The predicted octanol–water partition coefficient (Wildman–Crippen LogP) is 6.87. The molecule has 1 fully saturated rings. The zero-order valence-electron chi connectivity index (χ0n) is 20.3. The lowest BCUT2D eigenvalue weighted by Crippen LogP contribution is -2.36. The average Bonchev–Trinajstić information content (AvgIpc) is 3.52. The fourth-order valence-corrected chi connectivity index (χ4v) is 5.78. The van der Waals surface area contributed by atoms with Crippen LogP contribution >= 0.6 is 22.9 Å². The molecule has 0 N–H and O–H groups in total. The molecule has 0 radical (unpaired) electrons. The molecule has 1 unspecified atom stereocenters. The van der Waals surface area contributed by atoms with Gasteiger partial charge in [-0.1, -0.05) is 29.0 Å². The molecule has 1 aliphatic heterocycles. The van der Waals surface area contributed by atoms with Gasteiger partial charge in [-0.15, -0.1) is 0 Å². The second-order valence-corrected chi connectivity index (χ2v) is 11.2. The molecule has 4 aromatic rings. The summed E-state index contributed by atoms with van der Waals surface area (Å²) in [6, 6.07) is 8.15. The lowest BCUT2D eigenvalue weighted by atomic mass is 10.0. The molecule has 1 atom stereocenters. The summed E-state index contributed by atoms with van der Waals surface area (Å²) in [5.41, 5.74) is 2.03. The van der Waals surface area contributed by atoms with Gasteiger partial charge in [0.2, 0.25) is 0 Å². The largest absolute Gasteiger partial charge is 0.465 e. The highest BCUT2D eigenvalue weighted by Crippen LogP contribution is 2.37. The van der Waals surface area contributed by atoms with E-state index in [2.05, 4.69) is 4.98 Å². The van der Waals surface area contributed by atoms with Crippen molar-refractivity contribution in [3.8, 4) is 11.3 Å². The topological polar surface area (TPSA) is 73.1 Å². The van der Waals surface area contributed by atoms with Crippen LogP contribution in [-0.4, -0.2) is 45.6 Å². The number of likely N-dealkylation sites (tertiary alicyclic amines) is 1. The van der Waals surface area contributed by atoms with E-state index in [1.807, 2.05) is 31.2 Å². The average molecular weight is 530 g/mol. The van der Waals surface area contributed by atoms with E-state index in [4.69, 9.17) is 21.1 Å². The smallest absolute Gasteiger partial charge is 0.410 e. The number of fused-ring (bicyclic) bond motifs is 3. The molecular formula is C26H25ClFN3O4S. The third kappa shape index (κ3) is 4.41. The maximum Gasteiger partial charge on any atom is 0.410 e. The van der Waals surface area contributed by atoms with Gasteiger partial charge < -0.3 is 14.4 Å². The fraction of sp³-hybridized carbons (Fsp3) is 0.346. The highest BCUT2D eigenvalue weighted by atomic mass is 35.5. The van der Waals surface area contributed by atoms with Gasteiger partial charge in [0.1, 0.15) is 11.4 Å². The van der Waals surface area contributed by atoms with Crippen molar-refractivity contribution in [2.45, 2.75) is 45.3 Å². The van der Waals surface area contributed by atoms with Gasteiger partial charge in [-0.25, -0.2) is 19.0 Å². The molecule has 1 saturated heterocycles. The Morgan fingerprint density at radius 3 is 2.69 bits per heavy atom. The zero-order valence-corrected chi connectivity index (χ0v) is 21.9. The first-order valence-corrected chi connectivity index (χ1v) is 12.7. The van der Waals surface area contributed by atoms with E-state index in [1.54, 1.807) is 29.3 Å². The Hall–Kier alpha value is -3.17. The van der Waals surface area contributed by atoms with E-state index in [0.717, 1.165) is 28.6 Å². The molecule has 2 aromatic carbocycles. The molecule has 1 amide bonds. The normalized spacial score (nSPS) is 16.2. The first kappa shape index (κ1) is 24.5. The summed E-state index contributed by atoms with van der Waals surface area (Å²) in [5, 5.41) is 0.269. The first-order valence-electron chi connectivity index (χ1n) is 11.5. The number of hydrogen-bond donors (Lipinski definition) is 0. The number of carbonyl (C=O) groups is 2. The molecule has 7 nitrogen and oxygen atoms in total. The molecule has 0 aliphatic carbocycles. The molecular weight excluding hydrogens is 505 g/mol. The summed E-state index contributed by atoms with van der Waals surface area (Å²) >= 11 is 7.68. The predicted molar refractivity (Wildman–Crippen MR) is 137 cm³/mol. The molecule has 10 heteroatoms. The second kappa shape index (κ2) is 9.05. The number of halogens is 2. The Labute approximate surface area is 216 Å². The maximum absolute atomic E-state index is 15.3. The quantitative estimate of drug-likeness (QED) is 0.271. The summed E-state index contributed by atoms with van der Waals surface area (Å²) in [4.78, 5) is 31.5. The first-order chi connectivity index (χ1) is 17.1. The van der Waals surface area contributed by atoms with Crippen molar-refractivity contribution >= 4 is 50.2 Å². The van der Waals surface area contributed by atoms with Crippen LogP contribution in [0.5, 0.6) is 0 Å². The lowest BCUT2D eigenvalue weighted by Gasteiger charge is -2.29. The van der Waals surface area contributed by atoms with Crippen molar-refractivity contribution in [3.05, 3.63) is 58.5 Å². The standard InChI is InChI=1S/C26H25ClFN3O4S/c1-26(2,3)35-25(33)30-9-5-6-20(30)14-7-8-15(18(28)10-14)19-13-31-21-12-17(27)16(23(32)34-4)11-22(21)36-24(31)29-19/h7-8,10-13,20H,5-6,9H2,1-4H3. The Balaban J connectivity index is 1.45. The van der Waals surface area contributed by atoms with Gasteiger partial charge in [0.15, 0.2) is 4.96 Å². The Kier molecular flexibility index (Phi) is 6.16. The van der Waals surface area contributed by atoms with E-state index in [0.29, 0.717) is 22.8 Å². The van der Waals surface area contributed by atoms with Crippen molar-refractivity contribution in [1.82, 2.24) is 14.3 Å². The lowest BCUT2D eigenvalue weighted by molar-refractivity contribution is 0.0224. The van der Waals surface area contributed by atoms with Crippen LogP contribution in [0.1, 0.15) is 55.6 Å². The second-order valence-electron chi connectivity index (χ2n) is 9.74. The number of hydrogen-bond acceptors (Lipinski definition) is 6. The summed E-state index contributed by atoms with van der Waals surface area (Å²) < 4.78 is 28.3. The number of benzene rings is 2. The van der Waals surface area contributed by atoms with Gasteiger partial charge in [0.25, 0.3) is 0 Å². The Morgan fingerprint density at radius 1 is 1.22 bits per heavy atom. The minimum Gasteiger partial charge on any atom is -0.465 e. The number of rotatable bonds is 3.